The van der Waals surface area contributed by atoms with Crippen molar-refractivity contribution in [2.24, 2.45) is 0 Å². The number of benzene rings is 1. The van der Waals surface area contributed by atoms with Crippen molar-refractivity contribution in [2.45, 2.75) is 18.8 Å². The van der Waals surface area contributed by atoms with Gasteiger partial charge in [-0.1, -0.05) is 6.07 Å². The van der Waals surface area contributed by atoms with Gasteiger partial charge in [-0.05, 0) is 68.7 Å². The van der Waals surface area contributed by atoms with E-state index in [0.29, 0.717) is 5.92 Å². The Morgan fingerprint density at radius 2 is 1.89 bits per heavy atom. The van der Waals surface area contributed by atoms with Gasteiger partial charge in [-0.25, -0.2) is 13.8 Å². The van der Waals surface area contributed by atoms with Gasteiger partial charge in [-0.15, -0.1) is 0 Å². The van der Waals surface area contributed by atoms with Crippen molar-refractivity contribution < 1.29 is 13.6 Å². The molecule has 1 aliphatic rings. The van der Waals surface area contributed by atoms with Gasteiger partial charge >= 0.3 is 0 Å². The fourth-order valence-electron chi connectivity index (χ4n) is 3.61. The first-order valence-electron chi connectivity index (χ1n) is 8.95. The summed E-state index contributed by atoms with van der Waals surface area (Å²) >= 11 is 0. The minimum atomic E-state index is -0.901. The predicted octanol–water partition coefficient (Wildman–Crippen LogP) is 3.90. The van der Waals surface area contributed by atoms with Crippen molar-refractivity contribution in [1.29, 1.82) is 0 Å². The van der Waals surface area contributed by atoms with Gasteiger partial charge in [0.15, 0.2) is 0 Å². The summed E-state index contributed by atoms with van der Waals surface area (Å²) in [7, 11) is 2.11. The molecule has 0 radical (unpaired) electrons. The number of fused-ring (bicyclic) bond motifs is 1. The lowest BCUT2D eigenvalue weighted by Crippen LogP contribution is -2.29. The van der Waals surface area contributed by atoms with E-state index in [0.717, 1.165) is 54.7 Å². The molecule has 7 heteroatoms. The predicted molar refractivity (Wildman–Crippen MR) is 99.9 cm³/mol. The van der Waals surface area contributed by atoms with Gasteiger partial charge in [-0.3, -0.25) is 4.79 Å². The highest BCUT2D eigenvalue weighted by atomic mass is 19.1. The number of rotatable bonds is 3. The van der Waals surface area contributed by atoms with Gasteiger partial charge in [0, 0.05) is 6.20 Å². The molecule has 1 fully saturated rings. The van der Waals surface area contributed by atoms with E-state index < -0.39 is 23.1 Å². The number of hydrogen-bond donors (Lipinski definition) is 2. The third-order valence-corrected chi connectivity index (χ3v) is 5.14. The summed E-state index contributed by atoms with van der Waals surface area (Å²) in [5.74, 6) is -1.99. The summed E-state index contributed by atoms with van der Waals surface area (Å²) in [5.41, 5.74) is 2.17. The molecule has 4 rings (SSSR count). The number of anilines is 1. The fourth-order valence-corrected chi connectivity index (χ4v) is 3.61. The van der Waals surface area contributed by atoms with Gasteiger partial charge in [0.05, 0.1) is 11.0 Å². The van der Waals surface area contributed by atoms with Crippen molar-refractivity contribution >= 4 is 22.8 Å². The van der Waals surface area contributed by atoms with Crippen LogP contribution in [-0.2, 0) is 0 Å². The molecule has 0 atom stereocenters. The van der Waals surface area contributed by atoms with E-state index in [1.54, 1.807) is 6.07 Å². The quantitative estimate of drug-likeness (QED) is 0.735. The van der Waals surface area contributed by atoms with E-state index in [1.165, 1.54) is 6.07 Å². The molecular weight excluding hydrogens is 350 g/mol. The Hall–Kier alpha value is -2.80. The molecule has 0 unspecified atom stereocenters. The Morgan fingerprint density at radius 3 is 2.59 bits per heavy atom. The maximum absolute atomic E-state index is 13.8. The third-order valence-electron chi connectivity index (χ3n) is 5.14. The molecule has 27 heavy (non-hydrogen) atoms. The summed E-state index contributed by atoms with van der Waals surface area (Å²) in [6.07, 6.45) is 4.06. The second kappa shape index (κ2) is 7.08. The van der Waals surface area contributed by atoms with Crippen LogP contribution in [0.2, 0.25) is 0 Å². The number of amides is 1. The van der Waals surface area contributed by atoms with Crippen LogP contribution in [0.3, 0.4) is 0 Å². The minimum Gasteiger partial charge on any atom is -0.360 e. The fraction of sp³-hybridized carbons (Fsp3) is 0.300. The number of hydrogen-bond acceptors (Lipinski definition) is 3. The van der Waals surface area contributed by atoms with Crippen LogP contribution in [0, 0.1) is 11.6 Å². The molecule has 0 aliphatic carbocycles. The van der Waals surface area contributed by atoms with Gasteiger partial charge in [-0.2, -0.15) is 0 Å². The minimum absolute atomic E-state index is 0.268. The zero-order valence-corrected chi connectivity index (χ0v) is 14.9. The average molecular weight is 370 g/mol. The normalized spacial score (nSPS) is 16.0. The zero-order chi connectivity index (χ0) is 19.0. The molecule has 2 N–H and O–H groups in total. The molecule has 140 valence electrons. The Bertz CT molecular complexity index is 973. The van der Waals surface area contributed by atoms with Crippen molar-refractivity contribution in [1.82, 2.24) is 14.9 Å². The Balaban J connectivity index is 1.61. The van der Waals surface area contributed by atoms with Gasteiger partial charge in [0.1, 0.15) is 23.0 Å². The maximum atomic E-state index is 13.8. The lowest BCUT2D eigenvalue weighted by Gasteiger charge is -2.28. The van der Waals surface area contributed by atoms with Crippen LogP contribution in [0.1, 0.15) is 34.7 Å². The standard InChI is InChI=1S/C20H20F2N4O/c1-26-9-7-12(8-10-26)13-11-23-16-5-6-17(24-19(13)16)25-20(27)18-14(21)3-2-4-15(18)22/h2-6,11-12,23H,7-10H2,1H3,(H,24,25,27). The highest BCUT2D eigenvalue weighted by molar-refractivity contribution is 6.04. The van der Waals surface area contributed by atoms with E-state index in [2.05, 4.69) is 27.2 Å². The van der Waals surface area contributed by atoms with Gasteiger partial charge in [0.2, 0.25) is 0 Å². The van der Waals surface area contributed by atoms with Crippen LogP contribution in [0.25, 0.3) is 11.0 Å². The summed E-state index contributed by atoms with van der Waals surface area (Å²) in [6, 6.07) is 6.76. The number of aromatic amines is 1. The summed E-state index contributed by atoms with van der Waals surface area (Å²) in [6.45, 7) is 2.06. The number of pyridine rings is 1. The highest BCUT2D eigenvalue weighted by Gasteiger charge is 2.22. The molecule has 1 amide bonds. The SMILES string of the molecule is CN1CCC(c2c[nH]c3ccc(NC(=O)c4c(F)cccc4F)nc23)CC1. The van der Waals surface area contributed by atoms with Crippen LogP contribution in [0.4, 0.5) is 14.6 Å². The van der Waals surface area contributed by atoms with E-state index in [4.69, 9.17) is 0 Å². The first-order valence-corrected chi connectivity index (χ1v) is 8.95. The average Bonchev–Trinajstić information content (AvgIpc) is 3.05. The summed E-state index contributed by atoms with van der Waals surface area (Å²) < 4.78 is 27.6. The molecule has 1 saturated heterocycles. The number of nitrogens with zero attached hydrogens (tertiary/aromatic N) is 2. The smallest absolute Gasteiger partial charge is 0.262 e. The lowest BCUT2D eigenvalue weighted by atomic mass is 9.91. The van der Waals surface area contributed by atoms with Crippen LogP contribution in [0.5, 0.6) is 0 Å². The monoisotopic (exact) mass is 370 g/mol. The third kappa shape index (κ3) is 3.42. The van der Waals surface area contributed by atoms with Crippen LogP contribution in [-0.4, -0.2) is 40.9 Å². The first-order chi connectivity index (χ1) is 13.0. The van der Waals surface area contributed by atoms with E-state index in [9.17, 15) is 13.6 Å². The van der Waals surface area contributed by atoms with Crippen LogP contribution in [0.15, 0.2) is 36.5 Å². The van der Waals surface area contributed by atoms with Crippen molar-refractivity contribution in [3.8, 4) is 0 Å². The number of piperidine rings is 1. The Labute approximate surface area is 155 Å². The molecule has 0 bridgehead atoms. The lowest BCUT2D eigenvalue weighted by molar-refractivity contribution is 0.101. The number of likely N-dealkylation sites (tertiary alicyclic amines) is 1. The van der Waals surface area contributed by atoms with E-state index >= 15 is 0 Å². The van der Waals surface area contributed by atoms with Crippen LogP contribution >= 0.6 is 0 Å². The second-order valence-electron chi connectivity index (χ2n) is 6.97. The number of H-pyrrole nitrogens is 1. The molecule has 0 saturated carbocycles. The molecule has 0 spiro atoms. The second-order valence-corrected chi connectivity index (χ2v) is 6.97. The van der Waals surface area contributed by atoms with E-state index in [-0.39, 0.29) is 5.82 Å². The molecule has 1 aliphatic heterocycles. The Kier molecular flexibility index (Phi) is 4.61. The van der Waals surface area contributed by atoms with Crippen molar-refractivity contribution in [3.05, 3.63) is 59.3 Å². The number of nitrogens with one attached hydrogen (secondary N) is 2. The van der Waals surface area contributed by atoms with Crippen molar-refractivity contribution in [3.63, 3.8) is 0 Å². The molecule has 3 aromatic rings. The van der Waals surface area contributed by atoms with Crippen LogP contribution < -0.4 is 5.32 Å². The number of halogens is 2. The molecule has 1 aromatic carbocycles. The number of aromatic nitrogens is 2. The molecule has 3 heterocycles. The maximum Gasteiger partial charge on any atom is 0.262 e. The Morgan fingerprint density at radius 1 is 1.19 bits per heavy atom. The zero-order valence-electron chi connectivity index (χ0n) is 14.9. The van der Waals surface area contributed by atoms with Gasteiger partial charge in [0.25, 0.3) is 5.91 Å². The summed E-state index contributed by atoms with van der Waals surface area (Å²) in [4.78, 5) is 22.4. The topological polar surface area (TPSA) is 61.0 Å². The van der Waals surface area contributed by atoms with E-state index in [1.807, 2.05) is 12.3 Å². The largest absolute Gasteiger partial charge is 0.360 e. The highest BCUT2D eigenvalue weighted by Crippen LogP contribution is 2.32. The summed E-state index contributed by atoms with van der Waals surface area (Å²) in [5, 5.41) is 2.51. The number of carbonyl (C=O) groups is 1. The number of carbonyl (C=O) groups excluding carboxylic acids is 1. The first kappa shape index (κ1) is 17.6. The molecular formula is C20H20F2N4O. The van der Waals surface area contributed by atoms with Gasteiger partial charge < -0.3 is 15.2 Å². The molecule has 2 aromatic heterocycles. The molecule has 5 nitrogen and oxygen atoms in total. The van der Waals surface area contributed by atoms with Crippen molar-refractivity contribution in [2.75, 3.05) is 25.5 Å².